The summed E-state index contributed by atoms with van der Waals surface area (Å²) in [6.45, 7) is 8.52. The molecule has 31 heavy (non-hydrogen) atoms. The molecule has 174 valence electrons. The van der Waals surface area contributed by atoms with Crippen LogP contribution < -0.4 is 9.98 Å². The normalized spacial score (nSPS) is 25.1. The van der Waals surface area contributed by atoms with E-state index in [0.29, 0.717) is 0 Å². The molecule has 3 rings (SSSR count). The van der Waals surface area contributed by atoms with E-state index in [9.17, 15) is 9.69 Å². The van der Waals surface area contributed by atoms with Crippen LogP contribution in [0, 0.1) is 0 Å². The Morgan fingerprint density at radius 2 is 1.65 bits per heavy atom. The van der Waals surface area contributed by atoms with E-state index < -0.39 is 7.94 Å². The number of carbonyl (C=O) groups excluding carboxylic acids is 1. The zero-order valence-electron chi connectivity index (χ0n) is 19.8. The summed E-state index contributed by atoms with van der Waals surface area (Å²) in [4.78, 5) is 32.8. The van der Waals surface area contributed by atoms with Crippen LogP contribution in [-0.2, 0) is 9.63 Å². The van der Waals surface area contributed by atoms with Gasteiger partial charge in [0, 0.05) is 19.1 Å². The molecular weight excluding hydrogens is 411 g/mol. The minimum atomic E-state index is -3.12. The Hall–Kier alpha value is -1.08. The first-order chi connectivity index (χ1) is 14.7. The molecular formula is C23H39N4O3P. The Kier molecular flexibility index (Phi) is 8.11. The van der Waals surface area contributed by atoms with Crippen molar-refractivity contribution in [3.8, 4) is 0 Å². The largest absolute Gasteiger partial charge is 0.636 e. The van der Waals surface area contributed by atoms with Crippen molar-refractivity contribution in [3.63, 3.8) is 0 Å². The zero-order valence-corrected chi connectivity index (χ0v) is 20.7. The number of hydrogen-bond donors (Lipinski definition) is 1. The van der Waals surface area contributed by atoms with E-state index in [-0.39, 0.29) is 42.5 Å². The predicted molar refractivity (Wildman–Crippen MR) is 124 cm³/mol. The number of amides is 1. The van der Waals surface area contributed by atoms with E-state index in [1.807, 2.05) is 30.3 Å². The van der Waals surface area contributed by atoms with Crippen LogP contribution in [0.5, 0.6) is 0 Å². The highest BCUT2D eigenvalue weighted by molar-refractivity contribution is 7.62. The smallest absolute Gasteiger partial charge is 0.247 e. The molecule has 8 heteroatoms. The van der Waals surface area contributed by atoms with Gasteiger partial charge < -0.3 is 4.89 Å². The lowest BCUT2D eigenvalue weighted by molar-refractivity contribution is -0.198. The van der Waals surface area contributed by atoms with Crippen LogP contribution in [0.25, 0.3) is 0 Å². The summed E-state index contributed by atoms with van der Waals surface area (Å²) in [5.74, 6) is -0.153. The number of rotatable bonds is 8. The van der Waals surface area contributed by atoms with Gasteiger partial charge in [0.15, 0.2) is 7.94 Å². The maximum absolute atomic E-state index is 14.9. The molecule has 1 heterocycles. The molecule has 2 aliphatic rings. The van der Waals surface area contributed by atoms with Gasteiger partial charge in [0.25, 0.3) is 0 Å². The SMILES string of the molecule is CON(C)C(=O)C[C@@H](N[P+]1([O-])N(C(C)C)[C@@H]2CCCC[C@H]2N1C(C)C)c1ccccc1. The third-order valence-electron chi connectivity index (χ3n) is 6.59. The molecule has 0 spiro atoms. The fraction of sp³-hybridized carbons (Fsp3) is 0.696. The van der Waals surface area contributed by atoms with Crippen molar-refractivity contribution < 1.29 is 14.5 Å². The quantitative estimate of drug-likeness (QED) is 0.483. The fourth-order valence-electron chi connectivity index (χ4n) is 5.29. The third kappa shape index (κ3) is 4.97. The molecule has 0 unspecified atom stereocenters. The number of hydroxylamine groups is 2. The molecule has 7 nitrogen and oxygen atoms in total. The lowest BCUT2D eigenvalue weighted by Crippen LogP contribution is -2.49. The first-order valence-electron chi connectivity index (χ1n) is 11.5. The zero-order chi connectivity index (χ0) is 22.8. The second kappa shape index (κ2) is 10.2. The summed E-state index contributed by atoms with van der Waals surface area (Å²) in [6, 6.07) is 10.3. The highest BCUT2D eigenvalue weighted by atomic mass is 31.2. The predicted octanol–water partition coefficient (Wildman–Crippen LogP) is 3.51. The first kappa shape index (κ1) is 24.6. The standard InChI is InChI=1S/C23H39N4O3P/c1-17(2)26-21-14-10-11-15-22(21)27(18(3)4)31(26,29)24-20(16-23(28)25(5)30-6)19-12-8-7-9-13-19/h7-9,12-13,17-18,20-22H,10-11,14-16H2,1-6H3,(H,24,29)/t20-,21-,22-/m1/s1. The number of carbonyl (C=O) groups is 1. The molecule has 0 radical (unpaired) electrons. The van der Waals surface area contributed by atoms with E-state index in [4.69, 9.17) is 4.84 Å². The van der Waals surface area contributed by atoms with Gasteiger partial charge >= 0.3 is 0 Å². The lowest BCUT2D eigenvalue weighted by atomic mass is 9.89. The van der Waals surface area contributed by atoms with Gasteiger partial charge in [-0.25, -0.2) is 5.06 Å². The van der Waals surface area contributed by atoms with Gasteiger partial charge in [-0.1, -0.05) is 43.2 Å². The van der Waals surface area contributed by atoms with Crippen molar-refractivity contribution >= 4 is 13.8 Å². The number of benzene rings is 1. The summed E-state index contributed by atoms with van der Waals surface area (Å²) in [5.41, 5.74) is 0.956. The van der Waals surface area contributed by atoms with Gasteiger partial charge in [-0.3, -0.25) is 9.63 Å². The van der Waals surface area contributed by atoms with Gasteiger partial charge in [0.05, 0.1) is 31.7 Å². The molecule has 1 saturated heterocycles. The van der Waals surface area contributed by atoms with E-state index in [2.05, 4.69) is 42.1 Å². The number of fused-ring (bicyclic) bond motifs is 1. The number of nitrogens with zero attached hydrogens (tertiary/aromatic N) is 3. The van der Waals surface area contributed by atoms with Crippen molar-refractivity contribution in [3.05, 3.63) is 35.9 Å². The monoisotopic (exact) mass is 450 g/mol. The van der Waals surface area contributed by atoms with Crippen molar-refractivity contribution in [1.29, 1.82) is 0 Å². The Morgan fingerprint density at radius 3 is 2.10 bits per heavy atom. The van der Waals surface area contributed by atoms with Gasteiger partial charge in [-0.05, 0) is 46.1 Å². The summed E-state index contributed by atoms with van der Waals surface area (Å²) in [6.07, 6.45) is 4.66. The van der Waals surface area contributed by atoms with Gasteiger partial charge in [0.2, 0.25) is 5.91 Å². The van der Waals surface area contributed by atoms with Crippen LogP contribution in [-0.4, -0.2) is 58.6 Å². The molecule has 1 aliphatic carbocycles. The molecule has 1 N–H and O–H groups in total. The van der Waals surface area contributed by atoms with Crippen molar-refractivity contribution in [2.24, 2.45) is 0 Å². The third-order valence-corrected chi connectivity index (χ3v) is 10.0. The maximum Gasteiger partial charge on any atom is 0.247 e. The lowest BCUT2D eigenvalue weighted by Gasteiger charge is -2.45. The molecule has 2 fully saturated rings. The van der Waals surface area contributed by atoms with Crippen molar-refractivity contribution in [2.45, 2.75) is 90.0 Å². The Bertz CT molecular complexity index is 709. The Labute approximate surface area is 188 Å². The summed E-state index contributed by atoms with van der Waals surface area (Å²) >= 11 is 0. The van der Waals surface area contributed by atoms with Crippen LogP contribution in [0.3, 0.4) is 0 Å². The second-order valence-corrected chi connectivity index (χ2v) is 11.6. The molecule has 0 aromatic heterocycles. The average Bonchev–Trinajstić information content (AvgIpc) is 3.01. The van der Waals surface area contributed by atoms with Crippen LogP contribution in [0.2, 0.25) is 0 Å². The van der Waals surface area contributed by atoms with Crippen LogP contribution in [0.15, 0.2) is 30.3 Å². The second-order valence-electron chi connectivity index (χ2n) is 9.28. The Balaban J connectivity index is 2.00. The fourth-order valence-corrected chi connectivity index (χ4v) is 9.03. The van der Waals surface area contributed by atoms with E-state index in [0.717, 1.165) is 18.4 Å². The van der Waals surface area contributed by atoms with E-state index in [1.54, 1.807) is 7.05 Å². The maximum atomic E-state index is 14.9. The minimum Gasteiger partial charge on any atom is -0.636 e. The highest BCUT2D eigenvalue weighted by Crippen LogP contribution is 2.66. The average molecular weight is 451 g/mol. The van der Waals surface area contributed by atoms with E-state index in [1.165, 1.54) is 25.0 Å². The van der Waals surface area contributed by atoms with Crippen LogP contribution in [0.1, 0.15) is 71.4 Å². The number of hydrogen-bond acceptors (Lipinski definition) is 6. The van der Waals surface area contributed by atoms with Crippen molar-refractivity contribution in [1.82, 2.24) is 19.5 Å². The molecule has 1 aromatic rings. The Morgan fingerprint density at radius 1 is 1.13 bits per heavy atom. The van der Waals surface area contributed by atoms with Gasteiger partial charge in [-0.2, -0.15) is 5.09 Å². The highest BCUT2D eigenvalue weighted by Gasteiger charge is 2.61. The summed E-state index contributed by atoms with van der Waals surface area (Å²) < 4.78 is 4.47. The van der Waals surface area contributed by atoms with Crippen molar-refractivity contribution in [2.75, 3.05) is 14.2 Å². The molecule has 0 bridgehead atoms. The van der Waals surface area contributed by atoms with Gasteiger partial charge in [0.1, 0.15) is 0 Å². The summed E-state index contributed by atoms with van der Waals surface area (Å²) in [5, 5.41) is 4.78. The molecule has 3 atom stereocenters. The van der Waals surface area contributed by atoms with Crippen LogP contribution in [0.4, 0.5) is 0 Å². The minimum absolute atomic E-state index is 0.140. The molecule has 1 saturated carbocycles. The molecule has 1 amide bonds. The number of nitrogens with one attached hydrogen (secondary N) is 1. The van der Waals surface area contributed by atoms with Crippen LogP contribution >= 0.6 is 7.94 Å². The van der Waals surface area contributed by atoms with E-state index >= 15 is 0 Å². The summed E-state index contributed by atoms with van der Waals surface area (Å²) in [7, 11) is -0.0309. The first-order valence-corrected chi connectivity index (χ1v) is 13.1. The van der Waals surface area contributed by atoms with Gasteiger partial charge in [-0.15, -0.1) is 9.34 Å². The molecule has 1 aromatic carbocycles. The topological polar surface area (TPSA) is 71.1 Å². The molecule has 1 aliphatic heterocycles.